The lowest BCUT2D eigenvalue weighted by molar-refractivity contribution is -0.133. The molecule has 9 rings (SSSR count). The van der Waals surface area contributed by atoms with Gasteiger partial charge in [-0.25, -0.2) is 4.98 Å². The lowest BCUT2D eigenvalue weighted by Gasteiger charge is -2.43. The molecular weight excluding hydrogens is 715 g/mol. The molecule has 1 atom stereocenters. The van der Waals surface area contributed by atoms with Gasteiger partial charge in [-0.05, 0) is 81.5 Å². The number of rotatable bonds is 6. The molecule has 5 aromatic rings. The summed E-state index contributed by atoms with van der Waals surface area (Å²) in [6, 6.07) is 19.5. The summed E-state index contributed by atoms with van der Waals surface area (Å²) in [6.07, 6.45) is 5.12. The molecule has 0 saturated carbocycles. The fourth-order valence-electron chi connectivity index (χ4n) is 8.58. The molecular formula is C45H53N9OS. The molecule has 56 heavy (non-hydrogen) atoms. The van der Waals surface area contributed by atoms with Gasteiger partial charge in [0, 0.05) is 90.9 Å². The molecule has 2 fully saturated rings. The van der Waals surface area contributed by atoms with E-state index in [9.17, 15) is 4.79 Å². The summed E-state index contributed by atoms with van der Waals surface area (Å²) in [7, 11) is 0. The summed E-state index contributed by atoms with van der Waals surface area (Å²) < 4.78 is 2.14. The Labute approximate surface area is 335 Å². The summed E-state index contributed by atoms with van der Waals surface area (Å²) in [5.41, 5.74) is 11.3. The molecule has 290 valence electrons. The van der Waals surface area contributed by atoms with E-state index in [-0.39, 0.29) is 12.3 Å². The number of nitrogens with zero attached hydrogens (tertiary/aromatic N) is 8. The van der Waals surface area contributed by atoms with Crippen LogP contribution < -0.4 is 10.2 Å². The third-order valence-corrected chi connectivity index (χ3v) is 13.0. The number of piperidine rings is 1. The molecule has 0 spiro atoms. The topological polar surface area (TPSA) is 94.8 Å². The highest BCUT2D eigenvalue weighted by Crippen LogP contribution is 2.40. The SMILES string of the molecule is C=C1Cc2cc(-c3ccc(N4CCN(C5CCN(C(=O)CC6N=C(c7ccc(C)cc7)c7c(sc(C)c7C)-n7c(C)nnc76)CC5)CC4)nc3)ccc2N1.CC. The Kier molecular flexibility index (Phi) is 10.6. The van der Waals surface area contributed by atoms with E-state index in [1.54, 1.807) is 11.3 Å². The number of carbonyl (C=O) groups excluding carboxylic acids is 1. The van der Waals surface area contributed by atoms with Crippen molar-refractivity contribution in [1.29, 1.82) is 0 Å². The minimum absolute atomic E-state index is 0.136. The molecule has 10 nitrogen and oxygen atoms in total. The second-order valence-electron chi connectivity index (χ2n) is 15.3. The van der Waals surface area contributed by atoms with E-state index >= 15 is 0 Å². The Morgan fingerprint density at radius 1 is 0.875 bits per heavy atom. The monoisotopic (exact) mass is 767 g/mol. The number of carbonyl (C=O) groups is 1. The largest absolute Gasteiger partial charge is 0.359 e. The molecule has 2 saturated heterocycles. The molecule has 7 heterocycles. The van der Waals surface area contributed by atoms with Crippen molar-refractivity contribution in [2.24, 2.45) is 4.99 Å². The molecule has 1 amide bonds. The van der Waals surface area contributed by atoms with E-state index in [0.717, 1.165) is 115 Å². The van der Waals surface area contributed by atoms with Gasteiger partial charge < -0.3 is 15.1 Å². The summed E-state index contributed by atoms with van der Waals surface area (Å²) >= 11 is 1.75. The van der Waals surface area contributed by atoms with Crippen molar-refractivity contribution in [3.63, 3.8) is 0 Å². The Morgan fingerprint density at radius 3 is 2.30 bits per heavy atom. The Hall–Kier alpha value is -5.13. The van der Waals surface area contributed by atoms with Gasteiger partial charge in [-0.2, -0.15) is 0 Å². The predicted molar refractivity (Wildman–Crippen MR) is 228 cm³/mol. The van der Waals surface area contributed by atoms with Gasteiger partial charge in [0.2, 0.25) is 5.91 Å². The van der Waals surface area contributed by atoms with E-state index in [4.69, 9.17) is 9.98 Å². The van der Waals surface area contributed by atoms with Crippen LogP contribution in [0.2, 0.25) is 0 Å². The first kappa shape index (κ1) is 37.8. The number of fused-ring (bicyclic) bond motifs is 4. The van der Waals surface area contributed by atoms with Gasteiger partial charge in [0.05, 0.1) is 12.1 Å². The number of thiophene rings is 1. The van der Waals surface area contributed by atoms with Crippen LogP contribution in [0.4, 0.5) is 11.5 Å². The zero-order valence-corrected chi connectivity index (χ0v) is 34.4. The first-order valence-electron chi connectivity index (χ1n) is 20.2. The first-order chi connectivity index (χ1) is 27.2. The minimum Gasteiger partial charge on any atom is -0.359 e. The molecule has 1 N–H and O–H groups in total. The van der Waals surface area contributed by atoms with Crippen LogP contribution >= 0.6 is 11.3 Å². The Balaban J connectivity index is 0.00000217. The van der Waals surface area contributed by atoms with Crippen LogP contribution in [-0.2, 0) is 11.2 Å². The number of hydrogen-bond acceptors (Lipinski definition) is 9. The molecule has 4 aliphatic rings. The van der Waals surface area contributed by atoms with Crippen molar-refractivity contribution in [1.82, 2.24) is 29.5 Å². The summed E-state index contributed by atoms with van der Waals surface area (Å²) in [5, 5.41) is 13.5. The van der Waals surface area contributed by atoms with Crippen LogP contribution in [0.3, 0.4) is 0 Å². The number of aromatic nitrogens is 4. The molecule has 4 aliphatic heterocycles. The number of allylic oxidation sites excluding steroid dienone is 1. The van der Waals surface area contributed by atoms with Gasteiger partial charge in [-0.1, -0.05) is 56.3 Å². The highest BCUT2D eigenvalue weighted by Gasteiger charge is 2.35. The second kappa shape index (κ2) is 15.8. The number of likely N-dealkylation sites (tertiary alicyclic amines) is 1. The molecule has 0 radical (unpaired) electrons. The zero-order chi connectivity index (χ0) is 39.1. The number of nitrogens with one attached hydrogen (secondary N) is 1. The van der Waals surface area contributed by atoms with Crippen LogP contribution in [0, 0.1) is 27.7 Å². The number of benzene rings is 2. The predicted octanol–water partition coefficient (Wildman–Crippen LogP) is 8.23. The van der Waals surface area contributed by atoms with Crippen molar-refractivity contribution in [3.05, 3.63) is 117 Å². The number of aryl methyl sites for hydroxylation is 3. The maximum absolute atomic E-state index is 14.0. The van der Waals surface area contributed by atoms with Gasteiger partial charge >= 0.3 is 0 Å². The van der Waals surface area contributed by atoms with Crippen molar-refractivity contribution in [3.8, 4) is 16.1 Å². The standard InChI is InChI=1S/C43H47N9OS.C2H6/c1-26-6-8-31(9-7-26)41-40-28(3)29(4)54-43(40)52-30(5)47-48-42(52)37(46-41)24-39(53)51-16-14-35(15-17-51)49-18-20-50(21-19-49)38-13-11-33(25-44-38)32-10-12-36-34(23-32)22-27(2)45-36;1-2/h6-13,23,25,35,37,45H,2,14-22,24H2,1,3-5H3;1-2H3. The molecule has 1 unspecified atom stereocenters. The maximum Gasteiger partial charge on any atom is 0.225 e. The first-order valence-corrected chi connectivity index (χ1v) is 21.0. The van der Waals surface area contributed by atoms with E-state index in [2.05, 4.69) is 117 Å². The highest BCUT2D eigenvalue weighted by atomic mass is 32.1. The molecule has 2 aromatic carbocycles. The normalized spacial score (nSPS) is 18.3. The van der Waals surface area contributed by atoms with Crippen molar-refractivity contribution in [2.75, 3.05) is 49.5 Å². The van der Waals surface area contributed by atoms with Crippen molar-refractivity contribution in [2.45, 2.75) is 79.3 Å². The molecule has 3 aromatic heterocycles. The number of piperazine rings is 1. The molecule has 0 aliphatic carbocycles. The number of amides is 1. The number of anilines is 2. The van der Waals surface area contributed by atoms with Crippen molar-refractivity contribution < 1.29 is 4.79 Å². The van der Waals surface area contributed by atoms with Gasteiger partial charge in [0.1, 0.15) is 22.7 Å². The summed E-state index contributed by atoms with van der Waals surface area (Å²) in [6.45, 7) is 21.9. The highest BCUT2D eigenvalue weighted by molar-refractivity contribution is 7.15. The number of hydrogen-bond donors (Lipinski definition) is 1. The fourth-order valence-corrected chi connectivity index (χ4v) is 9.79. The van der Waals surface area contributed by atoms with Gasteiger partial charge in [0.25, 0.3) is 0 Å². The second-order valence-corrected chi connectivity index (χ2v) is 16.5. The number of aliphatic imine (C=N–C) groups is 1. The van der Waals surface area contributed by atoms with Gasteiger partial charge in [0.15, 0.2) is 5.82 Å². The minimum atomic E-state index is -0.422. The van der Waals surface area contributed by atoms with Crippen LogP contribution in [0.1, 0.15) is 83.5 Å². The van der Waals surface area contributed by atoms with E-state index in [1.807, 2.05) is 27.0 Å². The quantitative estimate of drug-likeness (QED) is 0.186. The Bertz CT molecular complexity index is 2270. The van der Waals surface area contributed by atoms with E-state index < -0.39 is 6.04 Å². The lowest BCUT2D eigenvalue weighted by Crippen LogP contribution is -2.54. The lowest BCUT2D eigenvalue weighted by atomic mass is 9.98. The average Bonchev–Trinajstić information content (AvgIpc) is 3.87. The average molecular weight is 768 g/mol. The van der Waals surface area contributed by atoms with Crippen molar-refractivity contribution >= 4 is 34.5 Å². The van der Waals surface area contributed by atoms with E-state index in [0.29, 0.717) is 6.04 Å². The van der Waals surface area contributed by atoms with Crippen LogP contribution in [0.25, 0.3) is 16.1 Å². The zero-order valence-electron chi connectivity index (χ0n) is 33.6. The van der Waals surface area contributed by atoms with Crippen LogP contribution in [0.15, 0.2) is 78.1 Å². The summed E-state index contributed by atoms with van der Waals surface area (Å²) in [5.74, 6) is 2.74. The third kappa shape index (κ3) is 7.18. The van der Waals surface area contributed by atoms with E-state index in [1.165, 1.54) is 27.1 Å². The molecule has 0 bridgehead atoms. The number of pyridine rings is 1. The maximum atomic E-state index is 14.0. The molecule has 11 heteroatoms. The third-order valence-electron chi connectivity index (χ3n) is 11.8. The van der Waals surface area contributed by atoms with Gasteiger partial charge in [-0.15, -0.1) is 21.5 Å². The fraction of sp³-hybridized carbons (Fsp3) is 0.400. The summed E-state index contributed by atoms with van der Waals surface area (Å²) in [4.78, 5) is 32.6. The smallest absolute Gasteiger partial charge is 0.225 e. The Morgan fingerprint density at radius 2 is 1.59 bits per heavy atom. The van der Waals surface area contributed by atoms with Gasteiger partial charge in [-0.3, -0.25) is 19.3 Å². The van der Waals surface area contributed by atoms with Crippen LogP contribution in [0.5, 0.6) is 0 Å². The van der Waals surface area contributed by atoms with Crippen LogP contribution in [-0.4, -0.2) is 86.5 Å².